The Balaban J connectivity index is 4.35. The van der Waals surface area contributed by atoms with Gasteiger partial charge in [-0.15, -0.1) is 6.58 Å². The number of carbonyl (C=O) groups is 1. The zero-order chi connectivity index (χ0) is 7.44. The zero-order valence-corrected chi connectivity index (χ0v) is 5.38. The maximum atomic E-state index is 9.96. The zero-order valence-electron chi connectivity index (χ0n) is 4.48. The van der Waals surface area contributed by atoms with E-state index in [0.29, 0.717) is 0 Å². The first-order chi connectivity index (χ1) is 4.09. The molecule has 0 amide bonds. The summed E-state index contributed by atoms with van der Waals surface area (Å²) in [4.78, 5) is 9.92. The molecule has 0 rings (SSSR count). The average Bonchev–Trinajstić information content (AvgIpc) is 1.64. The predicted octanol–water partition coefficient (Wildman–Crippen LogP) is 0.798. The van der Waals surface area contributed by atoms with Crippen LogP contribution in [-0.2, 0) is 13.9 Å². The highest BCUT2D eigenvalue weighted by Gasteiger charge is 2.18. The highest BCUT2D eigenvalue weighted by Crippen LogP contribution is 2.14. The van der Waals surface area contributed by atoms with E-state index in [4.69, 9.17) is 5.11 Å². The maximum Gasteiger partial charge on any atom is 0.334 e. The van der Waals surface area contributed by atoms with Gasteiger partial charge in [-0.1, -0.05) is 6.08 Å². The molecule has 0 saturated carbocycles. The molecule has 9 heavy (non-hydrogen) atoms. The van der Waals surface area contributed by atoms with Gasteiger partial charge in [0.25, 0.3) is 0 Å². The van der Waals surface area contributed by atoms with E-state index < -0.39 is 19.3 Å². The Bertz CT molecular complexity index is 185. The second-order valence-electron chi connectivity index (χ2n) is 1.30. The molecule has 50 valence electrons. The Morgan fingerprint density at radius 1 is 1.67 bits per heavy atom. The summed E-state index contributed by atoms with van der Waals surface area (Å²) < 4.78 is 19.9. The van der Waals surface area contributed by atoms with Crippen LogP contribution < -0.4 is 0 Å². The van der Waals surface area contributed by atoms with Gasteiger partial charge in [-0.25, -0.2) is 9.13 Å². The lowest BCUT2D eigenvalue weighted by atomic mass is 10.4. The molecule has 4 nitrogen and oxygen atoms in total. The van der Waals surface area contributed by atoms with Crippen LogP contribution in [0.3, 0.4) is 0 Å². The van der Waals surface area contributed by atoms with Crippen LogP contribution in [0.2, 0.25) is 0 Å². The van der Waals surface area contributed by atoms with E-state index >= 15 is 0 Å². The first kappa shape index (κ1) is 8.11. The van der Waals surface area contributed by atoms with Crippen molar-refractivity contribution in [3.63, 3.8) is 0 Å². The van der Waals surface area contributed by atoms with E-state index in [0.717, 1.165) is 6.08 Å². The van der Waals surface area contributed by atoms with E-state index in [1.165, 1.54) is 0 Å². The predicted molar refractivity (Wildman–Crippen MR) is 29.9 cm³/mol. The number of hydrogen-bond donors (Lipinski definition) is 1. The molecule has 0 aromatic carbocycles. The Morgan fingerprint density at radius 2 is 2.11 bits per heavy atom. The van der Waals surface area contributed by atoms with Gasteiger partial charge in [0, 0.05) is 0 Å². The van der Waals surface area contributed by atoms with Crippen molar-refractivity contribution in [1.82, 2.24) is 0 Å². The van der Waals surface area contributed by atoms with Crippen molar-refractivity contribution in [3.05, 3.63) is 12.7 Å². The SMILES string of the molecule is C=CC(C(=O)O)P(=O)=O. The first-order valence-electron chi connectivity index (χ1n) is 2.08. The van der Waals surface area contributed by atoms with E-state index in [2.05, 4.69) is 6.58 Å². The molecular formula is C4H5O4P. The van der Waals surface area contributed by atoms with Crippen molar-refractivity contribution >= 4 is 13.6 Å². The van der Waals surface area contributed by atoms with Crippen LogP contribution in [0.5, 0.6) is 0 Å². The summed E-state index contributed by atoms with van der Waals surface area (Å²) in [5.74, 6) is -1.39. The number of hydrogen-bond acceptors (Lipinski definition) is 3. The van der Waals surface area contributed by atoms with Crippen molar-refractivity contribution in [2.75, 3.05) is 0 Å². The number of aliphatic carboxylic acids is 1. The normalized spacial score (nSPS) is 12.0. The third kappa shape index (κ3) is 2.24. The number of carboxylic acids is 1. The van der Waals surface area contributed by atoms with Gasteiger partial charge < -0.3 is 5.11 Å². The lowest BCUT2D eigenvalue weighted by Gasteiger charge is -1.90. The van der Waals surface area contributed by atoms with Crippen molar-refractivity contribution in [2.45, 2.75) is 5.66 Å². The average molecular weight is 148 g/mol. The maximum absolute atomic E-state index is 9.96. The van der Waals surface area contributed by atoms with Gasteiger partial charge in [0.2, 0.25) is 0 Å². The highest BCUT2D eigenvalue weighted by molar-refractivity contribution is 7.33. The standard InChI is InChI=1S/C4H5O4P/c1-2-3(4(5)6)9(7)8/h2-3H,1H2,(H,5,6). The fraction of sp³-hybridized carbons (Fsp3) is 0.250. The minimum absolute atomic E-state index is 0.869. The largest absolute Gasteiger partial charge is 0.480 e. The molecule has 0 radical (unpaired) electrons. The van der Waals surface area contributed by atoms with Gasteiger partial charge in [0.1, 0.15) is 0 Å². The molecule has 0 bridgehead atoms. The van der Waals surface area contributed by atoms with E-state index in [-0.39, 0.29) is 0 Å². The molecule has 0 aliphatic heterocycles. The Kier molecular flexibility index (Phi) is 2.88. The van der Waals surface area contributed by atoms with E-state index in [1.54, 1.807) is 0 Å². The van der Waals surface area contributed by atoms with Crippen molar-refractivity contribution < 1.29 is 19.0 Å². The Morgan fingerprint density at radius 3 is 2.11 bits per heavy atom. The molecular weight excluding hydrogens is 143 g/mol. The van der Waals surface area contributed by atoms with Crippen molar-refractivity contribution in [1.29, 1.82) is 0 Å². The topological polar surface area (TPSA) is 71.4 Å². The Hall–Kier alpha value is -0.890. The van der Waals surface area contributed by atoms with Gasteiger partial charge in [-0.3, -0.25) is 4.79 Å². The molecule has 0 spiro atoms. The van der Waals surface area contributed by atoms with Gasteiger partial charge >= 0.3 is 13.6 Å². The molecule has 0 aliphatic rings. The monoisotopic (exact) mass is 148 g/mol. The summed E-state index contributed by atoms with van der Waals surface area (Å²) >= 11 is 0. The summed E-state index contributed by atoms with van der Waals surface area (Å²) in [6.07, 6.45) is 0.869. The van der Waals surface area contributed by atoms with Crippen LogP contribution >= 0.6 is 7.68 Å². The molecule has 0 saturated heterocycles. The van der Waals surface area contributed by atoms with Crippen LogP contribution in [0.4, 0.5) is 0 Å². The van der Waals surface area contributed by atoms with Crippen LogP contribution in [0.25, 0.3) is 0 Å². The van der Waals surface area contributed by atoms with E-state index in [1.807, 2.05) is 0 Å². The summed E-state index contributed by atoms with van der Waals surface area (Å²) in [5, 5.41) is 8.09. The van der Waals surface area contributed by atoms with Crippen LogP contribution in [0.15, 0.2) is 12.7 Å². The summed E-state index contributed by atoms with van der Waals surface area (Å²) in [6, 6.07) is 0. The quantitative estimate of drug-likeness (QED) is 0.474. The summed E-state index contributed by atoms with van der Waals surface area (Å²) in [5.41, 5.74) is -1.44. The second-order valence-corrected chi connectivity index (χ2v) is 2.43. The summed E-state index contributed by atoms with van der Waals surface area (Å²) in [6.45, 7) is 3.04. The van der Waals surface area contributed by atoms with Gasteiger partial charge in [-0.2, -0.15) is 0 Å². The van der Waals surface area contributed by atoms with Gasteiger partial charge in [0.05, 0.1) is 0 Å². The molecule has 1 unspecified atom stereocenters. The smallest absolute Gasteiger partial charge is 0.334 e. The van der Waals surface area contributed by atoms with Crippen molar-refractivity contribution in [2.24, 2.45) is 0 Å². The fourth-order valence-corrected chi connectivity index (χ4v) is 0.630. The lowest BCUT2D eigenvalue weighted by Crippen LogP contribution is -2.10. The lowest BCUT2D eigenvalue weighted by molar-refractivity contribution is -0.135. The molecule has 1 N–H and O–H groups in total. The highest BCUT2D eigenvalue weighted by atomic mass is 31.1. The fourth-order valence-electron chi connectivity index (χ4n) is 0.277. The van der Waals surface area contributed by atoms with Gasteiger partial charge in [0.15, 0.2) is 5.66 Å². The van der Waals surface area contributed by atoms with Crippen LogP contribution in [-0.4, -0.2) is 16.7 Å². The number of rotatable bonds is 3. The molecule has 0 aromatic rings. The van der Waals surface area contributed by atoms with Crippen molar-refractivity contribution in [3.8, 4) is 0 Å². The molecule has 0 fully saturated rings. The third-order valence-electron chi connectivity index (χ3n) is 0.703. The van der Waals surface area contributed by atoms with E-state index in [9.17, 15) is 13.9 Å². The molecule has 1 atom stereocenters. The molecule has 0 aliphatic carbocycles. The summed E-state index contributed by atoms with van der Waals surface area (Å²) in [7, 11) is -2.92. The van der Waals surface area contributed by atoms with Crippen LogP contribution in [0.1, 0.15) is 0 Å². The number of carboxylic acid groups (broad SMARTS) is 1. The third-order valence-corrected chi connectivity index (χ3v) is 1.59. The Labute approximate surface area is 52.0 Å². The van der Waals surface area contributed by atoms with Gasteiger partial charge in [-0.05, 0) is 0 Å². The molecule has 0 heterocycles. The molecule has 5 heteroatoms. The first-order valence-corrected chi connectivity index (χ1v) is 3.33. The minimum atomic E-state index is -2.92. The minimum Gasteiger partial charge on any atom is -0.480 e. The second kappa shape index (κ2) is 3.20. The molecule has 0 aromatic heterocycles. The van der Waals surface area contributed by atoms with Crippen LogP contribution in [0, 0.1) is 0 Å².